The summed E-state index contributed by atoms with van der Waals surface area (Å²) in [6.07, 6.45) is 5.11. The zero-order valence-corrected chi connectivity index (χ0v) is 29.5. The van der Waals surface area contributed by atoms with E-state index in [2.05, 4.69) is 112 Å². The highest BCUT2D eigenvalue weighted by Crippen LogP contribution is 2.45. The summed E-state index contributed by atoms with van der Waals surface area (Å²) in [6, 6.07) is 23.2. The molecule has 5 aromatic carbocycles. The zero-order valence-electron chi connectivity index (χ0n) is 29.5. The molecule has 0 aliphatic carbocycles. The maximum atomic E-state index is 6.76. The Morgan fingerprint density at radius 1 is 0.521 bits per heavy atom. The van der Waals surface area contributed by atoms with Crippen LogP contribution in [-0.4, -0.2) is 26.2 Å². The summed E-state index contributed by atoms with van der Waals surface area (Å²) in [5.41, 5.74) is 8.81. The van der Waals surface area contributed by atoms with Crippen LogP contribution in [0.2, 0.25) is 0 Å². The summed E-state index contributed by atoms with van der Waals surface area (Å²) in [4.78, 5) is 5.13. The van der Waals surface area contributed by atoms with Crippen molar-refractivity contribution in [3.8, 4) is 0 Å². The first-order chi connectivity index (χ1) is 23.2. The minimum Gasteiger partial charge on any atom is -0.456 e. The molecule has 0 amide bonds. The fourth-order valence-corrected chi connectivity index (χ4v) is 9.06. The number of piperidine rings is 2. The average Bonchev–Trinajstić information content (AvgIpc) is 3.65. The van der Waals surface area contributed by atoms with Crippen LogP contribution in [0.1, 0.15) is 64.5 Å². The van der Waals surface area contributed by atoms with Gasteiger partial charge in [-0.25, -0.2) is 0 Å². The first-order valence-electron chi connectivity index (χ1n) is 18.4. The Hall–Kier alpha value is -4.18. The van der Waals surface area contributed by atoms with Gasteiger partial charge in [0.2, 0.25) is 0 Å². The molecular weight excluding hydrogens is 588 g/mol. The van der Waals surface area contributed by atoms with E-state index < -0.39 is 0 Å². The van der Waals surface area contributed by atoms with Gasteiger partial charge in [-0.1, -0.05) is 39.8 Å². The number of hydrogen-bond acceptors (Lipinski definition) is 4. The Morgan fingerprint density at radius 3 is 1.29 bits per heavy atom. The van der Waals surface area contributed by atoms with Gasteiger partial charge in [0.25, 0.3) is 0 Å². The lowest BCUT2D eigenvalue weighted by Crippen LogP contribution is -2.35. The number of furan rings is 2. The van der Waals surface area contributed by atoms with Gasteiger partial charge < -0.3 is 18.6 Å². The van der Waals surface area contributed by atoms with Crippen molar-refractivity contribution >= 4 is 76.8 Å². The molecule has 2 aliphatic rings. The maximum Gasteiger partial charge on any atom is 0.139 e. The van der Waals surface area contributed by atoms with Crippen LogP contribution >= 0.6 is 0 Å². The predicted molar refractivity (Wildman–Crippen MR) is 205 cm³/mol. The van der Waals surface area contributed by atoms with Crippen LogP contribution in [0.4, 0.5) is 11.4 Å². The van der Waals surface area contributed by atoms with E-state index in [0.29, 0.717) is 0 Å². The van der Waals surface area contributed by atoms with Gasteiger partial charge >= 0.3 is 0 Å². The molecule has 2 saturated heterocycles. The van der Waals surface area contributed by atoms with Crippen LogP contribution < -0.4 is 9.80 Å². The van der Waals surface area contributed by atoms with Crippen molar-refractivity contribution in [3.63, 3.8) is 0 Å². The van der Waals surface area contributed by atoms with Crippen LogP contribution in [0.5, 0.6) is 0 Å². The van der Waals surface area contributed by atoms with E-state index in [1.54, 1.807) is 0 Å². The highest BCUT2D eigenvalue weighted by Gasteiger charge is 2.25. The second kappa shape index (κ2) is 11.2. The SMILES string of the molecule is Cc1c(C)c2oc3cc4cc(N5CCC(C(C)C)CC5)ccc4cc3c2c2c1oc1cc3cc(N4CCC(C(C)C)CC4)ccc3cc12. The number of benzene rings is 5. The Balaban J connectivity index is 1.15. The van der Waals surface area contributed by atoms with Gasteiger partial charge in [-0.15, -0.1) is 0 Å². The third kappa shape index (κ3) is 4.70. The molecule has 4 heteroatoms. The van der Waals surface area contributed by atoms with Crippen molar-refractivity contribution in [2.45, 2.75) is 67.2 Å². The number of nitrogens with zero attached hydrogens (tertiary/aromatic N) is 2. The molecule has 0 spiro atoms. The summed E-state index contributed by atoms with van der Waals surface area (Å²) in [6.45, 7) is 18.4. The fraction of sp³-hybridized carbons (Fsp3) is 0.409. The molecule has 0 saturated carbocycles. The van der Waals surface area contributed by atoms with E-state index in [9.17, 15) is 0 Å². The second-order valence-corrected chi connectivity index (χ2v) is 15.8. The topological polar surface area (TPSA) is 32.8 Å². The van der Waals surface area contributed by atoms with Crippen molar-refractivity contribution in [1.29, 1.82) is 0 Å². The Labute approximate surface area is 283 Å². The normalized spacial score (nSPS) is 17.2. The van der Waals surface area contributed by atoms with E-state index in [4.69, 9.17) is 8.83 Å². The van der Waals surface area contributed by atoms with Gasteiger partial charge in [-0.3, -0.25) is 0 Å². The summed E-state index contributed by atoms with van der Waals surface area (Å²) in [5.74, 6) is 3.22. The molecule has 7 aromatic rings. The molecule has 0 radical (unpaired) electrons. The van der Waals surface area contributed by atoms with Crippen molar-refractivity contribution in [2.75, 3.05) is 36.0 Å². The van der Waals surface area contributed by atoms with Gasteiger partial charge in [0.05, 0.1) is 0 Å². The lowest BCUT2D eigenvalue weighted by Gasteiger charge is -2.35. The summed E-state index contributed by atoms with van der Waals surface area (Å²) in [5, 5.41) is 9.66. The molecular formula is C44H48N2O2. The van der Waals surface area contributed by atoms with Crippen molar-refractivity contribution < 1.29 is 8.83 Å². The van der Waals surface area contributed by atoms with Gasteiger partial charge in [0.15, 0.2) is 0 Å². The van der Waals surface area contributed by atoms with Gasteiger partial charge in [0.1, 0.15) is 22.3 Å². The van der Waals surface area contributed by atoms with Gasteiger partial charge in [0, 0.05) is 59.1 Å². The van der Waals surface area contributed by atoms with Gasteiger partial charge in [-0.2, -0.15) is 0 Å². The molecule has 2 aliphatic heterocycles. The molecule has 9 rings (SSSR count). The summed E-state index contributed by atoms with van der Waals surface area (Å²) >= 11 is 0. The van der Waals surface area contributed by atoms with Crippen molar-refractivity contribution in [2.24, 2.45) is 23.7 Å². The third-order valence-corrected chi connectivity index (χ3v) is 12.5. The van der Waals surface area contributed by atoms with Crippen LogP contribution in [0.25, 0.3) is 65.4 Å². The fourth-order valence-electron chi connectivity index (χ4n) is 9.06. The Kier molecular flexibility index (Phi) is 6.97. The molecule has 0 bridgehead atoms. The molecule has 246 valence electrons. The number of anilines is 2. The number of hydrogen-bond donors (Lipinski definition) is 0. The zero-order chi connectivity index (χ0) is 32.8. The molecule has 0 N–H and O–H groups in total. The van der Waals surface area contributed by atoms with Gasteiger partial charge in [-0.05, 0) is 144 Å². The lowest BCUT2D eigenvalue weighted by molar-refractivity contribution is 0.311. The smallest absolute Gasteiger partial charge is 0.139 e. The summed E-state index contributed by atoms with van der Waals surface area (Å²) < 4.78 is 13.5. The number of rotatable bonds is 4. The molecule has 4 nitrogen and oxygen atoms in total. The number of aryl methyl sites for hydroxylation is 2. The number of fused-ring (bicyclic) bond motifs is 9. The molecule has 0 unspecified atom stereocenters. The lowest BCUT2D eigenvalue weighted by atomic mass is 9.86. The monoisotopic (exact) mass is 636 g/mol. The highest BCUT2D eigenvalue weighted by molar-refractivity contribution is 6.29. The van der Waals surface area contributed by atoms with Crippen LogP contribution in [-0.2, 0) is 0 Å². The molecule has 2 aromatic heterocycles. The minimum atomic E-state index is 0.769. The Bertz CT molecular complexity index is 2190. The van der Waals surface area contributed by atoms with E-state index in [1.807, 2.05) is 0 Å². The van der Waals surface area contributed by atoms with Crippen molar-refractivity contribution in [3.05, 3.63) is 71.8 Å². The van der Waals surface area contributed by atoms with Crippen LogP contribution in [0.15, 0.2) is 69.5 Å². The standard InChI is InChI=1S/C44H48N2O2/c1-25(2)29-11-15-45(16-12-29)35-9-7-31-21-37-39(23-33(31)19-35)47-43-27(5)28(6)44-42(41(37)43)38-22-32-8-10-36(20-34(32)24-40(38)48-44)46-17-13-30(14-18-46)26(3)4/h7-10,19-26,29-30H,11-18H2,1-6H3. The largest absolute Gasteiger partial charge is 0.456 e. The van der Waals surface area contributed by atoms with E-state index in [1.165, 1.54) is 80.1 Å². The van der Waals surface area contributed by atoms with Crippen LogP contribution in [0, 0.1) is 37.5 Å². The minimum absolute atomic E-state index is 0.769. The Morgan fingerprint density at radius 2 is 0.917 bits per heavy atom. The molecule has 4 heterocycles. The maximum absolute atomic E-state index is 6.76. The predicted octanol–water partition coefficient (Wildman–Crippen LogP) is 12.2. The van der Waals surface area contributed by atoms with E-state index >= 15 is 0 Å². The van der Waals surface area contributed by atoms with Crippen molar-refractivity contribution in [1.82, 2.24) is 0 Å². The third-order valence-electron chi connectivity index (χ3n) is 12.5. The highest BCUT2D eigenvalue weighted by atomic mass is 16.3. The molecule has 0 atom stereocenters. The molecule has 48 heavy (non-hydrogen) atoms. The first kappa shape index (κ1) is 29.9. The van der Waals surface area contributed by atoms with E-state index in [-0.39, 0.29) is 0 Å². The van der Waals surface area contributed by atoms with E-state index in [0.717, 1.165) is 83.3 Å². The average molecular weight is 637 g/mol. The summed E-state index contributed by atoms with van der Waals surface area (Å²) in [7, 11) is 0. The quantitative estimate of drug-likeness (QED) is 0.192. The van der Waals surface area contributed by atoms with Crippen LogP contribution in [0.3, 0.4) is 0 Å². The second-order valence-electron chi connectivity index (χ2n) is 15.8. The first-order valence-corrected chi connectivity index (χ1v) is 18.4. The molecule has 2 fully saturated rings.